The maximum atomic E-state index is 13.4. The summed E-state index contributed by atoms with van der Waals surface area (Å²) in [5.74, 6) is 0.550. The fourth-order valence-corrected chi connectivity index (χ4v) is 5.32. The van der Waals surface area contributed by atoms with E-state index in [1.165, 1.54) is 11.3 Å². The van der Waals surface area contributed by atoms with Gasteiger partial charge in [-0.25, -0.2) is 13.4 Å². The Morgan fingerprint density at radius 2 is 1.78 bits per heavy atom. The van der Waals surface area contributed by atoms with Crippen LogP contribution in [0.5, 0.6) is 11.6 Å². The van der Waals surface area contributed by atoms with E-state index in [2.05, 4.69) is 20.2 Å². The van der Waals surface area contributed by atoms with Crippen LogP contribution in [-0.4, -0.2) is 35.8 Å². The van der Waals surface area contributed by atoms with E-state index in [0.29, 0.717) is 28.1 Å². The summed E-state index contributed by atoms with van der Waals surface area (Å²) < 4.78 is 31.6. The van der Waals surface area contributed by atoms with Crippen molar-refractivity contribution in [3.8, 4) is 22.9 Å². The molecule has 0 saturated carbocycles. The van der Waals surface area contributed by atoms with Crippen LogP contribution < -0.4 is 14.8 Å². The van der Waals surface area contributed by atoms with Gasteiger partial charge in [-0.1, -0.05) is 61.6 Å². The van der Waals surface area contributed by atoms with E-state index in [1.54, 1.807) is 29.8 Å². The lowest BCUT2D eigenvalue weighted by Crippen LogP contribution is -2.38. The molecule has 1 aliphatic rings. The van der Waals surface area contributed by atoms with E-state index in [0.717, 1.165) is 22.9 Å². The maximum absolute atomic E-state index is 13.4. The van der Waals surface area contributed by atoms with Gasteiger partial charge in [0.2, 0.25) is 26.9 Å². The van der Waals surface area contributed by atoms with Gasteiger partial charge >= 0.3 is 0 Å². The quantitative estimate of drug-likeness (QED) is 0.371. The third-order valence-corrected chi connectivity index (χ3v) is 7.22. The van der Waals surface area contributed by atoms with Gasteiger partial charge in [-0.05, 0) is 24.3 Å². The number of carbonyl (C=O) groups is 1. The third-order valence-electron chi connectivity index (χ3n) is 6.01. The molecule has 9 nitrogen and oxygen atoms in total. The summed E-state index contributed by atoms with van der Waals surface area (Å²) in [6, 6.07) is 18.4. The Labute approximate surface area is 212 Å². The van der Waals surface area contributed by atoms with E-state index in [1.807, 2.05) is 50.2 Å². The van der Waals surface area contributed by atoms with Gasteiger partial charge in [0.05, 0.1) is 17.4 Å². The van der Waals surface area contributed by atoms with Crippen molar-refractivity contribution in [3.05, 3.63) is 77.3 Å². The number of amides is 1. The van der Waals surface area contributed by atoms with E-state index < -0.39 is 15.4 Å². The van der Waals surface area contributed by atoms with Crippen molar-refractivity contribution in [2.75, 3.05) is 16.3 Å². The Hall–Kier alpha value is -3.83. The van der Waals surface area contributed by atoms with Crippen molar-refractivity contribution < 1.29 is 17.9 Å². The molecular weight excluding hydrogens is 498 g/mol. The summed E-state index contributed by atoms with van der Waals surface area (Å²) >= 11 is 1.26. The van der Waals surface area contributed by atoms with Gasteiger partial charge < -0.3 is 10.1 Å². The van der Waals surface area contributed by atoms with Crippen molar-refractivity contribution in [1.82, 2.24) is 15.2 Å². The van der Waals surface area contributed by atoms with Gasteiger partial charge in [-0.2, -0.15) is 0 Å². The average molecular weight is 522 g/mol. The zero-order chi connectivity index (χ0) is 25.5. The molecule has 36 heavy (non-hydrogen) atoms. The third kappa shape index (κ3) is 4.67. The van der Waals surface area contributed by atoms with Gasteiger partial charge in [0.15, 0.2) is 0 Å². The molecule has 1 aliphatic heterocycles. The molecule has 1 atom stereocenters. The summed E-state index contributed by atoms with van der Waals surface area (Å²) in [5.41, 5.74) is 4.31. The van der Waals surface area contributed by atoms with Crippen molar-refractivity contribution in [2.45, 2.75) is 19.8 Å². The molecule has 3 heterocycles. The topological polar surface area (TPSA) is 123 Å². The highest BCUT2D eigenvalue weighted by atomic mass is 32.2. The molecule has 2 aromatic heterocycles. The van der Waals surface area contributed by atoms with Gasteiger partial charge in [0.25, 0.3) is 0 Å². The maximum Gasteiger partial charge on any atom is 0.232 e. The second kappa shape index (κ2) is 8.99. The van der Waals surface area contributed by atoms with Crippen LogP contribution in [0.15, 0.2) is 66.2 Å². The predicted molar refractivity (Wildman–Crippen MR) is 139 cm³/mol. The van der Waals surface area contributed by atoms with E-state index in [9.17, 15) is 13.2 Å². The van der Waals surface area contributed by atoms with Gasteiger partial charge in [-0.15, -0.1) is 10.2 Å². The first-order chi connectivity index (χ1) is 17.1. The number of rotatable bonds is 6. The largest absolute Gasteiger partial charge is 0.438 e. The lowest BCUT2D eigenvalue weighted by Gasteiger charge is -2.37. The number of benzene rings is 2. The second-order valence-corrected chi connectivity index (χ2v) is 11.6. The number of ether oxygens (including phenoxy) is 1. The van der Waals surface area contributed by atoms with Crippen LogP contribution in [0.3, 0.4) is 0 Å². The van der Waals surface area contributed by atoms with Crippen LogP contribution in [0.2, 0.25) is 0 Å². The average Bonchev–Trinajstić information content (AvgIpc) is 3.34. The molecule has 11 heteroatoms. The molecule has 4 aromatic rings. The Kier molecular flexibility index (Phi) is 5.97. The van der Waals surface area contributed by atoms with Crippen molar-refractivity contribution in [3.63, 3.8) is 0 Å². The number of hydrogen-bond acceptors (Lipinski definition) is 8. The molecule has 0 spiro atoms. The zero-order valence-electron chi connectivity index (χ0n) is 19.7. The van der Waals surface area contributed by atoms with Crippen LogP contribution in [-0.2, 0) is 14.8 Å². The van der Waals surface area contributed by atoms with Crippen LogP contribution >= 0.6 is 11.3 Å². The number of carbonyl (C=O) groups excluding carboxylic acids is 1. The number of nitrogens with one attached hydrogen (secondary N) is 2. The SMILES string of the molecule is CC(C)(C(=O)Nc1nncs1)[C@H]1c2ccccc2Oc2nc(-c3ccc(NS(C)(=O)=O)cc3)ccc21. The second-order valence-electron chi connectivity index (χ2n) is 9.04. The molecule has 1 amide bonds. The molecule has 184 valence electrons. The Bertz CT molecular complexity index is 1540. The van der Waals surface area contributed by atoms with Crippen LogP contribution in [0.1, 0.15) is 30.9 Å². The van der Waals surface area contributed by atoms with Crippen LogP contribution in [0.4, 0.5) is 10.8 Å². The minimum Gasteiger partial charge on any atom is -0.438 e. The number of para-hydroxylation sites is 1. The minimum absolute atomic E-state index is 0.190. The molecule has 0 aliphatic carbocycles. The summed E-state index contributed by atoms with van der Waals surface area (Å²) in [4.78, 5) is 18.2. The highest BCUT2D eigenvalue weighted by Gasteiger charge is 2.44. The Balaban J connectivity index is 1.52. The number of pyridine rings is 1. The van der Waals surface area contributed by atoms with Crippen molar-refractivity contribution in [1.29, 1.82) is 0 Å². The highest BCUT2D eigenvalue weighted by Crippen LogP contribution is 2.52. The van der Waals surface area contributed by atoms with Gasteiger partial charge in [0.1, 0.15) is 11.3 Å². The first-order valence-corrected chi connectivity index (χ1v) is 13.8. The van der Waals surface area contributed by atoms with Crippen molar-refractivity contribution in [2.24, 2.45) is 5.41 Å². The molecule has 2 N–H and O–H groups in total. The first-order valence-electron chi connectivity index (χ1n) is 11.1. The lowest BCUT2D eigenvalue weighted by atomic mass is 9.69. The van der Waals surface area contributed by atoms with E-state index >= 15 is 0 Å². The zero-order valence-corrected chi connectivity index (χ0v) is 21.4. The van der Waals surface area contributed by atoms with E-state index in [4.69, 9.17) is 9.72 Å². The van der Waals surface area contributed by atoms with Crippen molar-refractivity contribution >= 4 is 38.1 Å². The Morgan fingerprint density at radius 1 is 1.03 bits per heavy atom. The minimum atomic E-state index is -3.36. The summed E-state index contributed by atoms with van der Waals surface area (Å²) in [7, 11) is -3.36. The van der Waals surface area contributed by atoms with Crippen LogP contribution in [0.25, 0.3) is 11.3 Å². The monoisotopic (exact) mass is 521 g/mol. The summed E-state index contributed by atoms with van der Waals surface area (Å²) in [5, 5.41) is 11.0. The fraction of sp³-hybridized carbons (Fsp3) is 0.200. The predicted octanol–water partition coefficient (Wildman–Crippen LogP) is 4.87. The molecule has 0 radical (unpaired) electrons. The molecule has 0 fully saturated rings. The number of anilines is 2. The molecule has 0 saturated heterocycles. The first kappa shape index (κ1) is 23.9. The molecule has 5 rings (SSSR count). The molecular formula is C25H23N5O4S2. The smallest absolute Gasteiger partial charge is 0.232 e. The highest BCUT2D eigenvalue weighted by molar-refractivity contribution is 7.92. The van der Waals surface area contributed by atoms with Gasteiger partial charge in [-0.3, -0.25) is 9.52 Å². The number of aromatic nitrogens is 3. The standard InChI is InChI=1S/C25H23N5O4S2/c1-25(2,23(31)28-24-29-26-14-35-24)21-17-6-4-5-7-20(17)34-22-18(21)12-13-19(27-22)15-8-10-16(11-9-15)30-36(3,32)33/h4-14,21,30H,1-3H3,(H,28,29,31)/t21-/m0/s1. The summed E-state index contributed by atoms with van der Waals surface area (Å²) in [6.45, 7) is 3.78. The van der Waals surface area contributed by atoms with E-state index in [-0.39, 0.29) is 11.8 Å². The molecule has 2 aromatic carbocycles. The fourth-order valence-electron chi connectivity index (χ4n) is 4.31. The molecule has 0 unspecified atom stereocenters. The Morgan fingerprint density at radius 3 is 2.47 bits per heavy atom. The normalized spacial score (nSPS) is 14.8. The number of fused-ring (bicyclic) bond motifs is 2. The van der Waals surface area contributed by atoms with Gasteiger partial charge in [0, 0.05) is 28.3 Å². The summed E-state index contributed by atoms with van der Waals surface area (Å²) in [6.07, 6.45) is 1.10. The molecule has 0 bridgehead atoms. The lowest BCUT2D eigenvalue weighted by molar-refractivity contribution is -0.124. The number of hydrogen-bond donors (Lipinski definition) is 2. The van der Waals surface area contributed by atoms with Crippen LogP contribution in [0, 0.1) is 5.41 Å². The number of nitrogens with zero attached hydrogens (tertiary/aromatic N) is 3. The number of sulfonamides is 1.